The summed E-state index contributed by atoms with van der Waals surface area (Å²) in [6.45, 7) is -0.352. The van der Waals surface area contributed by atoms with Gasteiger partial charge in [0.15, 0.2) is 0 Å². The topological polar surface area (TPSA) is 160 Å². The van der Waals surface area contributed by atoms with Gasteiger partial charge in [-0.05, 0) is 35.5 Å². The molecule has 0 spiro atoms. The molecule has 0 aliphatic carbocycles. The van der Waals surface area contributed by atoms with Crippen molar-refractivity contribution in [1.29, 1.82) is 0 Å². The van der Waals surface area contributed by atoms with E-state index in [0.717, 1.165) is 27.6 Å². The molecular weight excluding hydrogens is 478 g/mol. The minimum atomic E-state index is -0.830. The highest BCUT2D eigenvalue weighted by molar-refractivity contribution is 8.18. The fourth-order valence-corrected chi connectivity index (χ4v) is 4.45. The van der Waals surface area contributed by atoms with Gasteiger partial charge < -0.3 is 5.32 Å². The highest BCUT2D eigenvalue weighted by Gasteiger charge is 2.41. The summed E-state index contributed by atoms with van der Waals surface area (Å²) in [6, 6.07) is 7.22. The number of carbonyl (C=O) groups excluding carboxylic acids is 5. The lowest BCUT2D eigenvalue weighted by atomic mass is 10.1. The van der Waals surface area contributed by atoms with Crippen LogP contribution in [0.1, 0.15) is 32.7 Å². The van der Waals surface area contributed by atoms with Crippen LogP contribution < -0.4 is 5.32 Å². The first-order valence-corrected chi connectivity index (χ1v) is 11.1. The Morgan fingerprint density at radius 3 is 2.57 bits per heavy atom. The number of hydrogen-bond acceptors (Lipinski definition) is 9. The number of rotatable bonds is 8. The lowest BCUT2D eigenvalue weighted by Gasteiger charge is -2.15. The molecule has 2 aliphatic rings. The Morgan fingerprint density at radius 2 is 1.86 bits per heavy atom. The fourth-order valence-electron chi connectivity index (χ4n) is 3.59. The summed E-state index contributed by atoms with van der Waals surface area (Å²) >= 11 is 0.789. The van der Waals surface area contributed by atoms with Crippen LogP contribution >= 0.6 is 11.8 Å². The highest BCUT2D eigenvalue weighted by Crippen LogP contribution is 2.32. The van der Waals surface area contributed by atoms with Gasteiger partial charge in [-0.1, -0.05) is 12.1 Å². The molecule has 0 bridgehead atoms. The van der Waals surface area contributed by atoms with Crippen LogP contribution in [0.25, 0.3) is 6.08 Å². The van der Waals surface area contributed by atoms with Gasteiger partial charge in [0.05, 0.1) is 15.4 Å². The van der Waals surface area contributed by atoms with Crippen molar-refractivity contribution < 1.29 is 28.9 Å². The van der Waals surface area contributed by atoms with Crippen molar-refractivity contribution >= 4 is 52.4 Å². The number of nitrogens with one attached hydrogen (secondary N) is 1. The smallest absolute Gasteiger partial charge is 0.293 e. The molecular formula is C22H17N5O7S. The van der Waals surface area contributed by atoms with E-state index in [0.29, 0.717) is 5.56 Å². The molecule has 35 heavy (non-hydrogen) atoms. The van der Waals surface area contributed by atoms with Gasteiger partial charge >= 0.3 is 0 Å². The summed E-state index contributed by atoms with van der Waals surface area (Å²) in [5, 5.41) is 13.2. The van der Waals surface area contributed by atoms with Gasteiger partial charge in [-0.3, -0.25) is 48.9 Å². The van der Waals surface area contributed by atoms with Crippen LogP contribution in [0.2, 0.25) is 0 Å². The van der Waals surface area contributed by atoms with Gasteiger partial charge in [-0.25, -0.2) is 0 Å². The molecule has 1 fully saturated rings. The maximum Gasteiger partial charge on any atom is 0.293 e. The van der Waals surface area contributed by atoms with Gasteiger partial charge in [0, 0.05) is 44.5 Å². The van der Waals surface area contributed by atoms with Crippen molar-refractivity contribution in [2.45, 2.75) is 6.42 Å². The number of nitrogens with zero attached hydrogens (tertiary/aromatic N) is 4. The molecule has 1 saturated heterocycles. The average molecular weight is 495 g/mol. The molecule has 4 rings (SSSR count). The standard InChI is InChI=1S/C22H17N5O7S/c28-17(6-9-25-19(29)14-4-1-5-15(27(33)34)18(14)21(25)31)24-8-10-26-20(30)16(35-22(26)32)11-13-3-2-7-23-12-13/h1-5,7,11-12H,6,8-10H2,(H,24,28)/b16-11-. The van der Waals surface area contributed by atoms with Gasteiger partial charge in [0.25, 0.3) is 28.6 Å². The zero-order valence-corrected chi connectivity index (χ0v) is 18.8. The van der Waals surface area contributed by atoms with Crippen LogP contribution in [0, 0.1) is 10.1 Å². The van der Waals surface area contributed by atoms with Crippen molar-refractivity contribution in [2.24, 2.45) is 0 Å². The molecule has 0 unspecified atom stereocenters. The lowest BCUT2D eigenvalue weighted by molar-refractivity contribution is -0.385. The predicted molar refractivity (Wildman–Crippen MR) is 123 cm³/mol. The molecule has 1 N–H and O–H groups in total. The van der Waals surface area contributed by atoms with E-state index in [1.807, 2.05) is 0 Å². The van der Waals surface area contributed by atoms with E-state index in [1.165, 1.54) is 12.1 Å². The number of pyridine rings is 1. The van der Waals surface area contributed by atoms with Gasteiger partial charge in [-0.2, -0.15) is 0 Å². The van der Waals surface area contributed by atoms with Crippen LogP contribution in [-0.4, -0.2) is 68.2 Å². The minimum Gasteiger partial charge on any atom is -0.354 e. The Balaban J connectivity index is 1.28. The molecule has 0 saturated carbocycles. The Hall–Kier alpha value is -4.39. The maximum absolute atomic E-state index is 12.5. The number of amides is 5. The van der Waals surface area contributed by atoms with Crippen LogP contribution in [0.3, 0.4) is 0 Å². The number of carbonyl (C=O) groups is 5. The molecule has 12 nitrogen and oxygen atoms in total. The predicted octanol–water partition coefficient (Wildman–Crippen LogP) is 1.83. The summed E-state index contributed by atoms with van der Waals surface area (Å²) in [5.41, 5.74) is -0.169. The first-order valence-electron chi connectivity index (χ1n) is 10.3. The Bertz CT molecular complexity index is 1290. The second kappa shape index (κ2) is 9.85. The molecule has 2 aliphatic heterocycles. The van der Waals surface area contributed by atoms with Crippen molar-refractivity contribution in [2.75, 3.05) is 19.6 Å². The van der Waals surface area contributed by atoms with Crippen molar-refractivity contribution in [3.8, 4) is 0 Å². The summed E-state index contributed by atoms with van der Waals surface area (Å²) in [7, 11) is 0. The van der Waals surface area contributed by atoms with E-state index in [9.17, 15) is 34.1 Å². The molecule has 5 amide bonds. The van der Waals surface area contributed by atoms with Gasteiger partial charge in [0.1, 0.15) is 5.56 Å². The molecule has 1 aromatic heterocycles. The number of fused-ring (bicyclic) bond motifs is 1. The number of thioether (sulfide) groups is 1. The van der Waals surface area contributed by atoms with E-state index < -0.39 is 39.5 Å². The Kier molecular flexibility index (Phi) is 6.68. The van der Waals surface area contributed by atoms with Crippen molar-refractivity contribution in [3.63, 3.8) is 0 Å². The summed E-state index contributed by atoms with van der Waals surface area (Å²) < 4.78 is 0. The summed E-state index contributed by atoms with van der Waals surface area (Å²) in [6.07, 6.45) is 4.45. The maximum atomic E-state index is 12.5. The fraction of sp³-hybridized carbons (Fsp3) is 0.182. The molecule has 0 atom stereocenters. The van der Waals surface area contributed by atoms with E-state index in [4.69, 9.17) is 0 Å². The zero-order valence-electron chi connectivity index (χ0n) is 18.0. The Labute approximate surface area is 202 Å². The zero-order chi connectivity index (χ0) is 25.1. The van der Waals surface area contributed by atoms with Crippen molar-refractivity contribution in [3.05, 3.63) is 74.4 Å². The monoisotopic (exact) mass is 495 g/mol. The number of imide groups is 2. The SMILES string of the molecule is O=C(CCN1C(=O)c2cccc([N+](=O)[O-])c2C1=O)NCCN1C(=O)S/C(=C\c2cccnc2)C1=O. The summed E-state index contributed by atoms with van der Waals surface area (Å²) in [4.78, 5) is 78.4. The number of benzene rings is 1. The average Bonchev–Trinajstić information content (AvgIpc) is 3.25. The highest BCUT2D eigenvalue weighted by atomic mass is 32.2. The van der Waals surface area contributed by atoms with E-state index in [2.05, 4.69) is 10.3 Å². The van der Waals surface area contributed by atoms with E-state index in [-0.39, 0.29) is 42.1 Å². The number of nitro benzene ring substituents is 1. The number of hydrogen-bond donors (Lipinski definition) is 1. The molecule has 1 aromatic carbocycles. The first-order chi connectivity index (χ1) is 16.8. The second-order valence-electron chi connectivity index (χ2n) is 7.44. The third-order valence-electron chi connectivity index (χ3n) is 5.25. The van der Waals surface area contributed by atoms with Crippen LogP contribution in [-0.2, 0) is 9.59 Å². The third-order valence-corrected chi connectivity index (χ3v) is 6.16. The van der Waals surface area contributed by atoms with E-state index >= 15 is 0 Å². The summed E-state index contributed by atoms with van der Waals surface area (Å²) in [5.74, 6) is -2.54. The third kappa shape index (κ3) is 4.80. The molecule has 13 heteroatoms. The number of nitro groups is 1. The largest absolute Gasteiger partial charge is 0.354 e. The first kappa shape index (κ1) is 23.8. The minimum absolute atomic E-state index is 0.0232. The molecule has 0 radical (unpaired) electrons. The lowest BCUT2D eigenvalue weighted by Crippen LogP contribution is -2.39. The van der Waals surface area contributed by atoms with Gasteiger partial charge in [-0.15, -0.1) is 0 Å². The quantitative estimate of drug-likeness (QED) is 0.249. The number of aromatic nitrogens is 1. The molecule has 178 valence electrons. The second-order valence-corrected chi connectivity index (χ2v) is 8.43. The van der Waals surface area contributed by atoms with Crippen LogP contribution in [0.15, 0.2) is 47.6 Å². The molecule has 3 heterocycles. The molecule has 2 aromatic rings. The Morgan fingerprint density at radius 1 is 1.06 bits per heavy atom. The van der Waals surface area contributed by atoms with E-state index in [1.54, 1.807) is 30.6 Å². The normalized spacial score (nSPS) is 16.3. The van der Waals surface area contributed by atoms with Crippen LogP contribution in [0.5, 0.6) is 0 Å². The van der Waals surface area contributed by atoms with Crippen molar-refractivity contribution in [1.82, 2.24) is 20.1 Å². The van der Waals surface area contributed by atoms with Gasteiger partial charge in [0.2, 0.25) is 5.91 Å². The van der Waals surface area contributed by atoms with Crippen LogP contribution in [0.4, 0.5) is 10.5 Å².